The maximum atomic E-state index is 11.8. The van der Waals surface area contributed by atoms with Crippen molar-refractivity contribution in [1.29, 1.82) is 0 Å². The summed E-state index contributed by atoms with van der Waals surface area (Å²) >= 11 is 0. The third-order valence-electron chi connectivity index (χ3n) is 3.99. The van der Waals surface area contributed by atoms with Crippen LogP contribution in [0.15, 0.2) is 69.6 Å². The van der Waals surface area contributed by atoms with Crippen molar-refractivity contribution in [3.8, 4) is 17.3 Å². The summed E-state index contributed by atoms with van der Waals surface area (Å²) in [7, 11) is 0. The minimum Gasteiger partial charge on any atom is -0.482 e. The molecule has 136 valence electrons. The monoisotopic (exact) mass is 363 g/mol. The van der Waals surface area contributed by atoms with Gasteiger partial charge in [0.1, 0.15) is 23.6 Å². The number of nitrogens with zero attached hydrogens (tertiary/aromatic N) is 1. The second kappa shape index (κ2) is 7.37. The topological polar surface area (TPSA) is 74.7 Å². The quantitative estimate of drug-likeness (QED) is 0.469. The van der Waals surface area contributed by atoms with Crippen molar-refractivity contribution < 1.29 is 23.2 Å². The van der Waals surface area contributed by atoms with Gasteiger partial charge in [0.2, 0.25) is 5.76 Å². The first-order chi connectivity index (χ1) is 13.2. The van der Waals surface area contributed by atoms with Crippen LogP contribution in [0.5, 0.6) is 5.75 Å². The Hall–Kier alpha value is -3.54. The Morgan fingerprint density at radius 3 is 2.67 bits per heavy atom. The van der Waals surface area contributed by atoms with Crippen molar-refractivity contribution in [2.45, 2.75) is 13.5 Å². The molecular formula is C21H17NO5. The van der Waals surface area contributed by atoms with E-state index in [4.69, 9.17) is 18.4 Å². The van der Waals surface area contributed by atoms with Crippen LogP contribution in [0.25, 0.3) is 22.5 Å². The molecule has 2 aromatic carbocycles. The van der Waals surface area contributed by atoms with Gasteiger partial charge in [0, 0.05) is 11.5 Å². The number of hydrogen-bond donors (Lipinski definition) is 0. The molecule has 0 N–H and O–H groups in total. The number of benzene rings is 2. The first kappa shape index (κ1) is 16.9. The fourth-order valence-electron chi connectivity index (χ4n) is 2.57. The molecule has 4 aromatic rings. The summed E-state index contributed by atoms with van der Waals surface area (Å²) in [5, 5.41) is 4.89. The van der Waals surface area contributed by atoms with Crippen LogP contribution in [0.2, 0.25) is 0 Å². The Labute approximate surface area is 155 Å². The minimum atomic E-state index is -0.483. The van der Waals surface area contributed by atoms with Gasteiger partial charge in [-0.2, -0.15) is 0 Å². The SMILES string of the molecule is Cc1ccc(OCC(=O)OCc2cc(-c3cc4ccccc4o3)on2)cc1. The molecule has 4 rings (SSSR count). The van der Waals surface area contributed by atoms with Crippen molar-refractivity contribution in [3.05, 3.63) is 71.9 Å². The van der Waals surface area contributed by atoms with Gasteiger partial charge in [-0.15, -0.1) is 0 Å². The van der Waals surface area contributed by atoms with Gasteiger partial charge in [-0.25, -0.2) is 4.79 Å². The number of hydrogen-bond acceptors (Lipinski definition) is 6. The van der Waals surface area contributed by atoms with Crippen LogP contribution in [-0.4, -0.2) is 17.7 Å². The zero-order valence-corrected chi connectivity index (χ0v) is 14.7. The molecule has 2 heterocycles. The zero-order valence-electron chi connectivity index (χ0n) is 14.7. The lowest BCUT2D eigenvalue weighted by Gasteiger charge is -2.06. The number of aryl methyl sites for hydroxylation is 1. The number of carbonyl (C=O) groups is 1. The number of furan rings is 1. The molecule has 0 saturated carbocycles. The lowest BCUT2D eigenvalue weighted by Crippen LogP contribution is -2.14. The van der Waals surface area contributed by atoms with Crippen molar-refractivity contribution in [3.63, 3.8) is 0 Å². The standard InChI is InChI=1S/C21H17NO5/c1-14-6-8-17(9-7-14)24-13-21(23)25-12-16-11-20(27-22-16)19-10-15-4-2-3-5-18(15)26-19/h2-11H,12-13H2,1H3. The van der Waals surface area contributed by atoms with Gasteiger partial charge in [-0.1, -0.05) is 41.1 Å². The average Bonchev–Trinajstić information content (AvgIpc) is 3.32. The van der Waals surface area contributed by atoms with Crippen LogP contribution in [0, 0.1) is 6.92 Å². The van der Waals surface area contributed by atoms with Crippen molar-refractivity contribution >= 4 is 16.9 Å². The van der Waals surface area contributed by atoms with E-state index in [0.29, 0.717) is 23.0 Å². The van der Waals surface area contributed by atoms with Crippen molar-refractivity contribution in [1.82, 2.24) is 5.16 Å². The van der Waals surface area contributed by atoms with Crippen LogP contribution in [0.3, 0.4) is 0 Å². The molecule has 0 aliphatic heterocycles. The van der Waals surface area contributed by atoms with E-state index in [1.807, 2.05) is 49.4 Å². The van der Waals surface area contributed by atoms with Gasteiger partial charge < -0.3 is 18.4 Å². The highest BCUT2D eigenvalue weighted by Gasteiger charge is 2.13. The van der Waals surface area contributed by atoms with E-state index in [-0.39, 0.29) is 13.2 Å². The molecule has 0 unspecified atom stereocenters. The fraction of sp³-hybridized carbons (Fsp3) is 0.143. The maximum absolute atomic E-state index is 11.8. The zero-order chi connectivity index (χ0) is 18.6. The number of rotatable bonds is 6. The van der Waals surface area contributed by atoms with Crippen molar-refractivity contribution in [2.24, 2.45) is 0 Å². The maximum Gasteiger partial charge on any atom is 0.344 e. The Morgan fingerprint density at radius 1 is 1.04 bits per heavy atom. The predicted octanol–water partition coefficient (Wildman–Crippen LogP) is 4.52. The second-order valence-corrected chi connectivity index (χ2v) is 6.09. The molecule has 0 saturated heterocycles. The highest BCUT2D eigenvalue weighted by atomic mass is 16.6. The fourth-order valence-corrected chi connectivity index (χ4v) is 2.57. The van der Waals surface area contributed by atoms with E-state index in [0.717, 1.165) is 16.5 Å². The van der Waals surface area contributed by atoms with Gasteiger partial charge in [0.05, 0.1) is 0 Å². The number of para-hydroxylation sites is 1. The molecule has 0 aliphatic carbocycles. The summed E-state index contributed by atoms with van der Waals surface area (Å²) in [5.74, 6) is 1.19. The Kier molecular flexibility index (Phi) is 4.61. The molecule has 0 radical (unpaired) electrons. The summed E-state index contributed by atoms with van der Waals surface area (Å²) in [4.78, 5) is 11.8. The summed E-state index contributed by atoms with van der Waals surface area (Å²) in [6.07, 6.45) is 0. The normalized spacial score (nSPS) is 10.9. The first-order valence-electron chi connectivity index (χ1n) is 8.47. The Bertz CT molecular complexity index is 1030. The highest BCUT2D eigenvalue weighted by Crippen LogP contribution is 2.28. The van der Waals surface area contributed by atoms with E-state index < -0.39 is 5.97 Å². The van der Waals surface area contributed by atoms with E-state index in [1.54, 1.807) is 18.2 Å². The summed E-state index contributed by atoms with van der Waals surface area (Å²) in [6, 6.07) is 18.7. The number of carbonyl (C=O) groups excluding carboxylic acids is 1. The van der Waals surface area contributed by atoms with Gasteiger partial charge in [0.15, 0.2) is 12.4 Å². The third-order valence-corrected chi connectivity index (χ3v) is 3.99. The van der Waals surface area contributed by atoms with E-state index in [2.05, 4.69) is 5.16 Å². The number of ether oxygens (including phenoxy) is 2. The molecule has 6 nitrogen and oxygen atoms in total. The lowest BCUT2D eigenvalue weighted by molar-refractivity contribution is -0.147. The van der Waals surface area contributed by atoms with Crippen LogP contribution in [0.4, 0.5) is 0 Å². The molecule has 6 heteroatoms. The van der Waals surface area contributed by atoms with E-state index >= 15 is 0 Å². The molecule has 2 aromatic heterocycles. The van der Waals surface area contributed by atoms with Gasteiger partial charge in [-0.05, 0) is 31.2 Å². The predicted molar refractivity (Wildman–Crippen MR) is 98.2 cm³/mol. The molecule has 0 fully saturated rings. The van der Waals surface area contributed by atoms with Crippen LogP contribution in [0.1, 0.15) is 11.3 Å². The summed E-state index contributed by atoms with van der Waals surface area (Å²) in [5.41, 5.74) is 2.38. The smallest absolute Gasteiger partial charge is 0.344 e. The third kappa shape index (κ3) is 4.00. The number of aromatic nitrogens is 1. The number of esters is 1. The van der Waals surface area contributed by atoms with Crippen LogP contribution in [-0.2, 0) is 16.1 Å². The summed E-state index contributed by atoms with van der Waals surface area (Å²) in [6.45, 7) is 1.81. The molecular weight excluding hydrogens is 346 g/mol. The molecule has 0 atom stereocenters. The number of fused-ring (bicyclic) bond motifs is 1. The van der Waals surface area contributed by atoms with Gasteiger partial charge >= 0.3 is 5.97 Å². The molecule has 0 bridgehead atoms. The molecule has 0 spiro atoms. The van der Waals surface area contributed by atoms with Crippen molar-refractivity contribution in [2.75, 3.05) is 6.61 Å². The molecule has 0 amide bonds. The lowest BCUT2D eigenvalue weighted by atomic mass is 10.2. The largest absolute Gasteiger partial charge is 0.482 e. The Morgan fingerprint density at radius 2 is 1.85 bits per heavy atom. The minimum absolute atomic E-state index is 0.000179. The molecule has 0 aliphatic rings. The second-order valence-electron chi connectivity index (χ2n) is 6.09. The van der Waals surface area contributed by atoms with Crippen LogP contribution >= 0.6 is 0 Å². The van der Waals surface area contributed by atoms with Crippen LogP contribution < -0.4 is 4.74 Å². The van der Waals surface area contributed by atoms with E-state index in [9.17, 15) is 4.79 Å². The summed E-state index contributed by atoms with van der Waals surface area (Å²) < 4.78 is 21.6. The van der Waals surface area contributed by atoms with Gasteiger partial charge in [-0.3, -0.25) is 0 Å². The molecule has 27 heavy (non-hydrogen) atoms. The van der Waals surface area contributed by atoms with Gasteiger partial charge in [0.25, 0.3) is 0 Å². The highest BCUT2D eigenvalue weighted by molar-refractivity contribution is 5.81. The van der Waals surface area contributed by atoms with E-state index in [1.165, 1.54) is 0 Å². The first-order valence-corrected chi connectivity index (χ1v) is 8.47. The average molecular weight is 363 g/mol. The Balaban J connectivity index is 1.32.